The summed E-state index contributed by atoms with van der Waals surface area (Å²) in [5.74, 6) is 0. The van der Waals surface area contributed by atoms with E-state index in [2.05, 4.69) is 10.5 Å². The molecule has 0 heterocycles. The Morgan fingerprint density at radius 2 is 2.15 bits per heavy atom. The van der Waals surface area contributed by atoms with Crippen LogP contribution in [0.3, 0.4) is 0 Å². The van der Waals surface area contributed by atoms with Crippen molar-refractivity contribution in [3.05, 3.63) is 4.91 Å². The zero-order valence-electron chi connectivity index (χ0n) is 7.83. The lowest BCUT2D eigenvalue weighted by Crippen LogP contribution is -2.35. The zero-order chi connectivity index (χ0) is 10.5. The summed E-state index contributed by atoms with van der Waals surface area (Å²) in [4.78, 5) is 20.8. The first-order valence-corrected chi connectivity index (χ1v) is 4.22. The highest BCUT2D eigenvalue weighted by Crippen LogP contribution is 2.06. The number of rotatable bonds is 3. The van der Waals surface area contributed by atoms with Gasteiger partial charge in [-0.3, -0.25) is 0 Å². The monoisotopic (exact) mass is 208 g/mol. The summed E-state index contributed by atoms with van der Waals surface area (Å²) >= 11 is 5.33. The Morgan fingerprint density at radius 3 is 2.54 bits per heavy atom. The van der Waals surface area contributed by atoms with E-state index >= 15 is 0 Å². The summed E-state index contributed by atoms with van der Waals surface area (Å²) in [6.07, 6.45) is -0.609. The molecule has 1 atom stereocenters. The summed E-state index contributed by atoms with van der Waals surface area (Å²) in [7, 11) is 0. The van der Waals surface area contributed by atoms with Crippen LogP contribution in [0.5, 0.6) is 0 Å². The third-order valence-electron chi connectivity index (χ3n) is 0.928. The Kier molecular flexibility index (Phi) is 4.69. The van der Waals surface area contributed by atoms with Crippen molar-refractivity contribution in [2.45, 2.75) is 31.9 Å². The summed E-state index contributed by atoms with van der Waals surface area (Å²) in [5, 5.41) is 4.81. The first-order valence-electron chi connectivity index (χ1n) is 3.78. The largest absolute Gasteiger partial charge is 0.444 e. The molecule has 0 saturated heterocycles. The second-order valence-electron chi connectivity index (χ2n) is 3.42. The van der Waals surface area contributed by atoms with E-state index in [0.717, 1.165) is 0 Å². The number of alkyl carbamates (subject to hydrolysis) is 1. The molecule has 0 radical (unpaired) electrons. The fourth-order valence-electron chi connectivity index (χ4n) is 0.519. The molecule has 0 aliphatic heterocycles. The minimum absolute atomic E-state index is 0.0278. The molecule has 0 bridgehead atoms. The number of halogens is 1. The number of hydrogen-bond acceptors (Lipinski definition) is 4. The molecule has 76 valence electrons. The highest BCUT2D eigenvalue weighted by atomic mass is 35.5. The number of ether oxygens (including phenoxy) is 1. The van der Waals surface area contributed by atoms with E-state index in [1.165, 1.54) is 0 Å². The molecular formula is C7H13ClN2O3. The number of hydrogen-bond donors (Lipinski definition) is 1. The molecule has 0 saturated carbocycles. The van der Waals surface area contributed by atoms with Crippen LogP contribution in [0.2, 0.25) is 0 Å². The van der Waals surface area contributed by atoms with Gasteiger partial charge in [0.25, 0.3) is 0 Å². The van der Waals surface area contributed by atoms with E-state index in [-0.39, 0.29) is 6.54 Å². The van der Waals surface area contributed by atoms with Gasteiger partial charge in [-0.1, -0.05) is 11.6 Å². The molecule has 1 amide bonds. The minimum Gasteiger partial charge on any atom is -0.444 e. The molecular weight excluding hydrogens is 196 g/mol. The number of nitrogens with zero attached hydrogens (tertiary/aromatic N) is 1. The molecule has 1 unspecified atom stereocenters. The van der Waals surface area contributed by atoms with Crippen LogP contribution in [0, 0.1) is 4.91 Å². The van der Waals surface area contributed by atoms with Crippen LogP contribution in [0.1, 0.15) is 20.8 Å². The maximum atomic E-state index is 10.9. The number of alkyl halides is 1. The molecule has 1 N–H and O–H groups in total. The molecule has 13 heavy (non-hydrogen) atoms. The van der Waals surface area contributed by atoms with Gasteiger partial charge in [0.1, 0.15) is 5.60 Å². The maximum Gasteiger partial charge on any atom is 0.407 e. The third kappa shape index (κ3) is 7.52. The Labute approximate surface area is 81.8 Å². The van der Waals surface area contributed by atoms with Crippen molar-refractivity contribution < 1.29 is 9.53 Å². The van der Waals surface area contributed by atoms with Gasteiger partial charge in [-0.05, 0) is 25.9 Å². The molecule has 6 heteroatoms. The van der Waals surface area contributed by atoms with E-state index in [4.69, 9.17) is 16.3 Å². The standard InChI is InChI=1S/C7H13ClN2O3/c1-7(2,3)13-6(11)9-4-5(8)10-12/h5H,4H2,1-3H3,(H,9,11). The predicted molar refractivity (Wildman–Crippen MR) is 49.7 cm³/mol. The minimum atomic E-state index is -0.951. The molecule has 0 aromatic heterocycles. The first kappa shape index (κ1) is 12.2. The van der Waals surface area contributed by atoms with E-state index in [9.17, 15) is 9.70 Å². The number of nitroso groups, excluding NO2 is 1. The lowest BCUT2D eigenvalue weighted by Gasteiger charge is -2.19. The molecule has 0 aliphatic carbocycles. The molecule has 0 fully saturated rings. The van der Waals surface area contributed by atoms with Gasteiger partial charge in [0.2, 0.25) is 0 Å². The van der Waals surface area contributed by atoms with Gasteiger partial charge in [-0.2, -0.15) is 0 Å². The second kappa shape index (κ2) is 5.01. The van der Waals surface area contributed by atoms with Crippen LogP contribution in [-0.4, -0.2) is 23.7 Å². The molecule has 0 aromatic rings. The molecule has 0 aromatic carbocycles. The van der Waals surface area contributed by atoms with Gasteiger partial charge >= 0.3 is 6.09 Å². The Bertz CT molecular complexity index is 191. The fraction of sp³-hybridized carbons (Fsp3) is 0.857. The third-order valence-corrected chi connectivity index (χ3v) is 1.16. The van der Waals surface area contributed by atoms with Gasteiger partial charge in [-0.25, -0.2) is 4.79 Å². The van der Waals surface area contributed by atoms with Crippen molar-refractivity contribution in [1.82, 2.24) is 5.32 Å². The van der Waals surface area contributed by atoms with Crippen LogP contribution >= 0.6 is 11.6 Å². The zero-order valence-corrected chi connectivity index (χ0v) is 8.59. The maximum absolute atomic E-state index is 10.9. The van der Waals surface area contributed by atoms with Gasteiger partial charge in [0, 0.05) is 0 Å². The lowest BCUT2D eigenvalue weighted by molar-refractivity contribution is 0.0528. The number of carbonyl (C=O) groups is 1. The van der Waals surface area contributed by atoms with Crippen LogP contribution in [0.4, 0.5) is 4.79 Å². The van der Waals surface area contributed by atoms with Gasteiger partial charge in [0.15, 0.2) is 5.50 Å². The van der Waals surface area contributed by atoms with E-state index < -0.39 is 17.2 Å². The molecule has 0 spiro atoms. The van der Waals surface area contributed by atoms with E-state index in [0.29, 0.717) is 0 Å². The molecule has 0 aliphatic rings. The van der Waals surface area contributed by atoms with Gasteiger partial charge < -0.3 is 10.1 Å². The fourth-order valence-corrected chi connectivity index (χ4v) is 0.596. The average molecular weight is 209 g/mol. The topological polar surface area (TPSA) is 67.8 Å². The normalized spacial score (nSPS) is 13.2. The quantitative estimate of drug-likeness (QED) is 0.437. The van der Waals surface area contributed by atoms with Crippen molar-refractivity contribution in [3.63, 3.8) is 0 Å². The Hall–Kier alpha value is -0.840. The predicted octanol–water partition coefficient (Wildman–Crippen LogP) is 1.84. The van der Waals surface area contributed by atoms with Crippen LogP contribution < -0.4 is 5.32 Å². The van der Waals surface area contributed by atoms with Crippen molar-refractivity contribution in [2.24, 2.45) is 5.18 Å². The number of carbonyl (C=O) groups excluding carboxylic acids is 1. The van der Waals surface area contributed by atoms with Gasteiger partial charge in [-0.15, -0.1) is 4.91 Å². The summed E-state index contributed by atoms with van der Waals surface area (Å²) in [6.45, 7) is 5.19. The Balaban J connectivity index is 3.70. The Morgan fingerprint density at radius 1 is 1.62 bits per heavy atom. The summed E-state index contributed by atoms with van der Waals surface area (Å²) in [5.41, 5.74) is -1.51. The first-order chi connectivity index (χ1) is 5.85. The van der Waals surface area contributed by atoms with E-state index in [1.54, 1.807) is 20.8 Å². The van der Waals surface area contributed by atoms with Gasteiger partial charge in [0.05, 0.1) is 6.54 Å². The van der Waals surface area contributed by atoms with Crippen molar-refractivity contribution in [2.75, 3.05) is 6.54 Å². The van der Waals surface area contributed by atoms with E-state index in [1.807, 2.05) is 0 Å². The highest BCUT2D eigenvalue weighted by Gasteiger charge is 2.16. The number of nitrogens with one attached hydrogen (secondary N) is 1. The summed E-state index contributed by atoms with van der Waals surface area (Å²) in [6, 6.07) is 0. The highest BCUT2D eigenvalue weighted by molar-refractivity contribution is 6.20. The lowest BCUT2D eigenvalue weighted by atomic mass is 10.2. The van der Waals surface area contributed by atoms with Crippen molar-refractivity contribution in [3.8, 4) is 0 Å². The second-order valence-corrected chi connectivity index (χ2v) is 3.93. The van der Waals surface area contributed by atoms with Crippen molar-refractivity contribution >= 4 is 17.7 Å². The number of amides is 1. The molecule has 5 nitrogen and oxygen atoms in total. The smallest absolute Gasteiger partial charge is 0.407 e. The summed E-state index contributed by atoms with van der Waals surface area (Å²) < 4.78 is 4.88. The van der Waals surface area contributed by atoms with Crippen LogP contribution in [0.15, 0.2) is 5.18 Å². The average Bonchev–Trinajstić information content (AvgIpc) is 1.97. The van der Waals surface area contributed by atoms with Crippen LogP contribution in [-0.2, 0) is 4.74 Å². The van der Waals surface area contributed by atoms with Crippen molar-refractivity contribution in [1.29, 1.82) is 0 Å². The van der Waals surface area contributed by atoms with Crippen LogP contribution in [0.25, 0.3) is 0 Å². The molecule has 0 rings (SSSR count). The SMILES string of the molecule is CC(C)(C)OC(=O)NCC(Cl)N=O.